The van der Waals surface area contributed by atoms with Crippen molar-refractivity contribution in [3.63, 3.8) is 0 Å². The zero-order valence-electron chi connectivity index (χ0n) is 9.91. The predicted molar refractivity (Wildman–Crippen MR) is 65.9 cm³/mol. The molecule has 0 saturated heterocycles. The number of halogens is 2. The Kier molecular flexibility index (Phi) is 2.70. The van der Waals surface area contributed by atoms with Crippen LogP contribution < -0.4 is 21.2 Å². The third-order valence-electron chi connectivity index (χ3n) is 2.88. The number of nitrogens with two attached hydrogens (primary N) is 1. The first kappa shape index (κ1) is 11.7. The zero-order valence-corrected chi connectivity index (χ0v) is 9.91. The fourth-order valence-corrected chi connectivity index (χ4v) is 2.03. The van der Waals surface area contributed by atoms with E-state index in [-0.39, 0.29) is 5.69 Å². The van der Waals surface area contributed by atoms with Crippen LogP contribution in [0.25, 0.3) is 5.76 Å². The van der Waals surface area contributed by atoms with Gasteiger partial charge >= 0.3 is 0 Å². The van der Waals surface area contributed by atoms with E-state index in [0.717, 1.165) is 17.4 Å². The van der Waals surface area contributed by atoms with Crippen LogP contribution in [0, 0.1) is 11.6 Å². The summed E-state index contributed by atoms with van der Waals surface area (Å²) in [6.07, 6.45) is 2.20. The summed E-state index contributed by atoms with van der Waals surface area (Å²) in [4.78, 5) is 7.18. The molecule has 0 saturated carbocycles. The Bertz CT molecular complexity index is 728. The quantitative estimate of drug-likeness (QED) is 0.796. The number of anilines is 1. The van der Waals surface area contributed by atoms with Crippen molar-refractivity contribution in [3.8, 4) is 5.75 Å². The van der Waals surface area contributed by atoms with Crippen molar-refractivity contribution in [2.24, 2.45) is 4.99 Å². The van der Waals surface area contributed by atoms with Crippen LogP contribution in [-0.4, -0.2) is 11.5 Å². The van der Waals surface area contributed by atoms with Gasteiger partial charge in [0.2, 0.25) is 0 Å². The van der Waals surface area contributed by atoms with E-state index in [4.69, 9.17) is 10.5 Å². The first-order valence-corrected chi connectivity index (χ1v) is 5.78. The number of rotatable bonds is 2. The molecule has 6 heteroatoms. The Hall–Kier alpha value is -2.37. The fourth-order valence-electron chi connectivity index (χ4n) is 2.03. The highest BCUT2D eigenvalue weighted by Crippen LogP contribution is 2.26. The summed E-state index contributed by atoms with van der Waals surface area (Å²) in [5.74, 6) is -1.57. The SMILES string of the molecule is Nc1cc(F)c(OC2=c3cc[nH]c3=NCC2)c(F)c1. The Balaban J connectivity index is 2.09. The molecule has 98 valence electrons. The molecule has 0 radical (unpaired) electrons. The van der Waals surface area contributed by atoms with Crippen molar-refractivity contribution < 1.29 is 13.5 Å². The number of hydrogen-bond donors (Lipinski definition) is 2. The van der Waals surface area contributed by atoms with Crippen LogP contribution in [0.2, 0.25) is 0 Å². The van der Waals surface area contributed by atoms with Gasteiger partial charge in [0.1, 0.15) is 11.2 Å². The lowest BCUT2D eigenvalue weighted by atomic mass is 10.2. The van der Waals surface area contributed by atoms with Gasteiger partial charge in [-0.2, -0.15) is 0 Å². The summed E-state index contributed by atoms with van der Waals surface area (Å²) < 4.78 is 32.7. The Morgan fingerprint density at radius 1 is 1.26 bits per heavy atom. The first-order chi connectivity index (χ1) is 9.15. The van der Waals surface area contributed by atoms with Gasteiger partial charge in [0.25, 0.3) is 0 Å². The number of nitrogens with zero attached hydrogens (tertiary/aromatic N) is 1. The molecule has 0 aliphatic carbocycles. The number of nitrogens with one attached hydrogen (secondary N) is 1. The van der Waals surface area contributed by atoms with Crippen molar-refractivity contribution >= 4 is 11.4 Å². The number of hydrogen-bond acceptors (Lipinski definition) is 3. The van der Waals surface area contributed by atoms with E-state index in [2.05, 4.69) is 9.98 Å². The molecule has 19 heavy (non-hydrogen) atoms. The molecule has 0 amide bonds. The number of ether oxygens (including phenoxy) is 1. The van der Waals surface area contributed by atoms with E-state index in [1.807, 2.05) is 0 Å². The summed E-state index contributed by atoms with van der Waals surface area (Å²) in [7, 11) is 0. The van der Waals surface area contributed by atoms with E-state index in [1.165, 1.54) is 0 Å². The standard InChI is InChI=1S/C13H11F2N3O/c14-9-5-7(16)6-10(15)12(9)19-11-2-4-18-13-8(11)1-3-17-13/h1,3,5-6H,2,4,16H2,(H,17,18). The van der Waals surface area contributed by atoms with Gasteiger partial charge < -0.3 is 15.5 Å². The van der Waals surface area contributed by atoms with Gasteiger partial charge in [0.05, 0.1) is 5.22 Å². The molecule has 3 N–H and O–H groups in total. The number of fused-ring (bicyclic) bond motifs is 1. The molecule has 2 aromatic rings. The lowest BCUT2D eigenvalue weighted by Gasteiger charge is -2.12. The van der Waals surface area contributed by atoms with Crippen LogP contribution in [0.4, 0.5) is 14.5 Å². The molecule has 0 unspecified atom stereocenters. The molecule has 0 bridgehead atoms. The normalized spacial score (nSPS) is 13.9. The van der Waals surface area contributed by atoms with Crippen LogP contribution in [0.5, 0.6) is 5.75 Å². The Morgan fingerprint density at radius 3 is 2.74 bits per heavy atom. The van der Waals surface area contributed by atoms with Crippen LogP contribution in [-0.2, 0) is 0 Å². The number of benzene rings is 1. The minimum Gasteiger partial charge on any atom is -0.455 e. The average molecular weight is 263 g/mol. The first-order valence-electron chi connectivity index (χ1n) is 5.78. The molecule has 1 aliphatic rings. The van der Waals surface area contributed by atoms with Crippen molar-refractivity contribution in [1.82, 2.24) is 4.98 Å². The minimum atomic E-state index is -0.815. The highest BCUT2D eigenvalue weighted by atomic mass is 19.1. The second kappa shape index (κ2) is 4.38. The summed E-state index contributed by atoms with van der Waals surface area (Å²) in [6.45, 7) is 0.515. The average Bonchev–Trinajstić information content (AvgIpc) is 2.82. The van der Waals surface area contributed by atoms with Gasteiger partial charge in [-0.15, -0.1) is 0 Å². The zero-order chi connectivity index (χ0) is 13.4. The third-order valence-corrected chi connectivity index (χ3v) is 2.88. The maximum atomic E-state index is 13.7. The van der Waals surface area contributed by atoms with Gasteiger partial charge in [-0.1, -0.05) is 0 Å². The van der Waals surface area contributed by atoms with Crippen molar-refractivity contribution in [1.29, 1.82) is 0 Å². The van der Waals surface area contributed by atoms with E-state index in [0.29, 0.717) is 24.2 Å². The third kappa shape index (κ3) is 2.05. The molecule has 3 rings (SSSR count). The predicted octanol–water partition coefficient (Wildman–Crippen LogP) is 1.09. The largest absolute Gasteiger partial charge is 0.455 e. The van der Waals surface area contributed by atoms with E-state index >= 15 is 0 Å². The van der Waals surface area contributed by atoms with Gasteiger partial charge in [-0.3, -0.25) is 4.99 Å². The Labute approximate surface area is 107 Å². The molecule has 0 fully saturated rings. The topological polar surface area (TPSA) is 63.4 Å². The van der Waals surface area contributed by atoms with Crippen LogP contribution in [0.3, 0.4) is 0 Å². The highest BCUT2D eigenvalue weighted by molar-refractivity contribution is 5.48. The summed E-state index contributed by atoms with van der Waals surface area (Å²) >= 11 is 0. The minimum absolute atomic E-state index is 0.0216. The summed E-state index contributed by atoms with van der Waals surface area (Å²) in [5, 5.41) is 0.724. The second-order valence-corrected chi connectivity index (χ2v) is 4.21. The molecular formula is C13H11F2N3O. The lowest BCUT2D eigenvalue weighted by Crippen LogP contribution is -2.31. The van der Waals surface area contributed by atoms with Crippen LogP contribution in [0.1, 0.15) is 6.42 Å². The maximum Gasteiger partial charge on any atom is 0.198 e. The van der Waals surface area contributed by atoms with Crippen LogP contribution in [0.15, 0.2) is 29.4 Å². The molecule has 1 aliphatic heterocycles. The van der Waals surface area contributed by atoms with E-state index < -0.39 is 17.4 Å². The number of aromatic amines is 1. The monoisotopic (exact) mass is 263 g/mol. The number of aromatic nitrogens is 1. The van der Waals surface area contributed by atoms with Crippen molar-refractivity contribution in [2.45, 2.75) is 6.42 Å². The Morgan fingerprint density at radius 2 is 2.00 bits per heavy atom. The van der Waals surface area contributed by atoms with Gasteiger partial charge in [0, 0.05) is 37.0 Å². The number of H-pyrrole nitrogens is 1. The van der Waals surface area contributed by atoms with Gasteiger partial charge in [0.15, 0.2) is 17.4 Å². The molecule has 1 aromatic carbocycles. The molecule has 0 atom stereocenters. The molecule has 1 aromatic heterocycles. The second-order valence-electron chi connectivity index (χ2n) is 4.21. The van der Waals surface area contributed by atoms with Gasteiger partial charge in [-0.25, -0.2) is 8.78 Å². The van der Waals surface area contributed by atoms with E-state index in [1.54, 1.807) is 12.3 Å². The van der Waals surface area contributed by atoms with Crippen molar-refractivity contribution in [3.05, 3.63) is 46.7 Å². The molecular weight excluding hydrogens is 252 g/mol. The molecule has 0 spiro atoms. The maximum absolute atomic E-state index is 13.7. The van der Waals surface area contributed by atoms with E-state index in [9.17, 15) is 8.78 Å². The number of nitrogen functional groups attached to an aromatic ring is 1. The summed E-state index contributed by atoms with van der Waals surface area (Å²) in [5.41, 5.74) is 6.05. The fraction of sp³-hybridized carbons (Fsp3) is 0.154. The highest BCUT2D eigenvalue weighted by Gasteiger charge is 2.16. The smallest absolute Gasteiger partial charge is 0.198 e. The van der Waals surface area contributed by atoms with Crippen molar-refractivity contribution in [2.75, 3.05) is 12.3 Å². The molecule has 4 nitrogen and oxygen atoms in total. The van der Waals surface area contributed by atoms with Gasteiger partial charge in [-0.05, 0) is 6.07 Å². The molecule has 2 heterocycles. The summed E-state index contributed by atoms with van der Waals surface area (Å²) in [6, 6.07) is 3.83. The lowest BCUT2D eigenvalue weighted by molar-refractivity contribution is 0.410. The van der Waals surface area contributed by atoms with Crippen LogP contribution >= 0.6 is 0 Å².